The van der Waals surface area contributed by atoms with Crippen molar-refractivity contribution < 1.29 is 4.74 Å². The van der Waals surface area contributed by atoms with E-state index in [1.807, 2.05) is 0 Å². The summed E-state index contributed by atoms with van der Waals surface area (Å²) in [5, 5.41) is 3.55. The molecule has 1 N–H and O–H groups in total. The van der Waals surface area contributed by atoms with E-state index >= 15 is 0 Å². The summed E-state index contributed by atoms with van der Waals surface area (Å²) in [5.74, 6) is 0. The van der Waals surface area contributed by atoms with Gasteiger partial charge in [0.1, 0.15) is 0 Å². The molecule has 3 fully saturated rings. The number of hydrogen-bond acceptors (Lipinski definition) is 4. The summed E-state index contributed by atoms with van der Waals surface area (Å²) in [7, 11) is 0. The normalized spacial score (nSPS) is 35.3. The quantitative estimate of drug-likeness (QED) is 0.794. The molecule has 18 heavy (non-hydrogen) atoms. The zero-order valence-corrected chi connectivity index (χ0v) is 11.4. The highest BCUT2D eigenvalue weighted by Gasteiger charge is 2.28. The van der Waals surface area contributed by atoms with Crippen LogP contribution in [-0.4, -0.2) is 74.4 Å². The molecule has 0 aromatic rings. The lowest BCUT2D eigenvalue weighted by atomic mass is 9.99. The van der Waals surface area contributed by atoms with Gasteiger partial charge in [-0.2, -0.15) is 0 Å². The fourth-order valence-electron chi connectivity index (χ4n) is 3.57. The SMILES string of the molecule is C1CCN2CCN(CCC3COCCN3)CC2C1. The molecule has 0 aliphatic carbocycles. The van der Waals surface area contributed by atoms with Crippen LogP contribution in [0.1, 0.15) is 25.7 Å². The Balaban J connectivity index is 1.40. The molecule has 3 aliphatic heterocycles. The number of nitrogens with one attached hydrogen (secondary N) is 1. The summed E-state index contributed by atoms with van der Waals surface area (Å²) in [5.41, 5.74) is 0. The van der Waals surface area contributed by atoms with E-state index in [2.05, 4.69) is 15.1 Å². The Morgan fingerprint density at radius 1 is 1.17 bits per heavy atom. The molecule has 2 unspecified atom stereocenters. The van der Waals surface area contributed by atoms with Gasteiger partial charge in [-0.25, -0.2) is 0 Å². The van der Waals surface area contributed by atoms with Gasteiger partial charge in [0.05, 0.1) is 13.2 Å². The van der Waals surface area contributed by atoms with Crippen LogP contribution in [0.15, 0.2) is 0 Å². The van der Waals surface area contributed by atoms with E-state index in [0.29, 0.717) is 6.04 Å². The Bertz CT molecular complexity index is 255. The molecule has 4 nitrogen and oxygen atoms in total. The van der Waals surface area contributed by atoms with Crippen molar-refractivity contribution in [1.82, 2.24) is 15.1 Å². The van der Waals surface area contributed by atoms with Gasteiger partial charge in [0, 0.05) is 38.3 Å². The van der Waals surface area contributed by atoms with Crippen molar-refractivity contribution in [3.63, 3.8) is 0 Å². The number of fused-ring (bicyclic) bond motifs is 1. The molecular formula is C14H27N3O. The summed E-state index contributed by atoms with van der Waals surface area (Å²) in [6, 6.07) is 1.44. The molecule has 104 valence electrons. The number of piperazine rings is 1. The zero-order valence-electron chi connectivity index (χ0n) is 11.4. The first-order valence-electron chi connectivity index (χ1n) is 7.69. The first kappa shape index (κ1) is 12.9. The number of nitrogens with zero attached hydrogens (tertiary/aromatic N) is 2. The fourth-order valence-corrected chi connectivity index (χ4v) is 3.57. The van der Waals surface area contributed by atoms with Crippen LogP contribution in [0.5, 0.6) is 0 Å². The van der Waals surface area contributed by atoms with Gasteiger partial charge in [-0.05, 0) is 32.4 Å². The number of piperidine rings is 1. The Kier molecular flexibility index (Phi) is 4.52. The minimum atomic E-state index is 0.586. The molecule has 3 heterocycles. The third-order valence-corrected chi connectivity index (χ3v) is 4.71. The summed E-state index contributed by atoms with van der Waals surface area (Å²) >= 11 is 0. The number of hydrogen-bond donors (Lipinski definition) is 1. The van der Waals surface area contributed by atoms with Crippen LogP contribution in [0.3, 0.4) is 0 Å². The van der Waals surface area contributed by atoms with Crippen LogP contribution >= 0.6 is 0 Å². The van der Waals surface area contributed by atoms with Crippen molar-refractivity contribution in [2.24, 2.45) is 0 Å². The van der Waals surface area contributed by atoms with Gasteiger partial charge in [-0.15, -0.1) is 0 Å². The van der Waals surface area contributed by atoms with E-state index in [1.165, 1.54) is 58.4 Å². The molecule has 0 saturated carbocycles. The molecule has 0 aromatic carbocycles. The lowest BCUT2D eigenvalue weighted by Crippen LogP contribution is -2.55. The summed E-state index contributed by atoms with van der Waals surface area (Å²) < 4.78 is 5.52. The number of rotatable bonds is 3. The Morgan fingerprint density at radius 3 is 3.06 bits per heavy atom. The van der Waals surface area contributed by atoms with Gasteiger partial charge in [0.25, 0.3) is 0 Å². The van der Waals surface area contributed by atoms with E-state index in [9.17, 15) is 0 Å². The predicted octanol–water partition coefficient (Wildman–Crippen LogP) is 0.535. The van der Waals surface area contributed by atoms with Crippen LogP contribution in [0.4, 0.5) is 0 Å². The van der Waals surface area contributed by atoms with E-state index in [0.717, 1.165) is 25.8 Å². The lowest BCUT2D eigenvalue weighted by molar-refractivity contribution is 0.0380. The van der Waals surface area contributed by atoms with Crippen LogP contribution in [0, 0.1) is 0 Å². The first-order chi connectivity index (χ1) is 8.92. The number of ether oxygens (including phenoxy) is 1. The van der Waals surface area contributed by atoms with Crippen molar-refractivity contribution in [2.45, 2.75) is 37.8 Å². The van der Waals surface area contributed by atoms with E-state index in [1.54, 1.807) is 0 Å². The predicted molar refractivity (Wildman–Crippen MR) is 72.9 cm³/mol. The Hall–Kier alpha value is -0.160. The highest BCUT2D eigenvalue weighted by atomic mass is 16.5. The molecule has 0 amide bonds. The summed E-state index contributed by atoms with van der Waals surface area (Å²) in [6.07, 6.45) is 5.51. The van der Waals surface area contributed by atoms with Crippen molar-refractivity contribution in [2.75, 3.05) is 52.5 Å². The molecule has 0 bridgehead atoms. The smallest absolute Gasteiger partial charge is 0.0620 e. The molecule has 0 aromatic heterocycles. The van der Waals surface area contributed by atoms with Crippen molar-refractivity contribution >= 4 is 0 Å². The van der Waals surface area contributed by atoms with Crippen LogP contribution < -0.4 is 5.32 Å². The summed E-state index contributed by atoms with van der Waals surface area (Å²) in [6.45, 7) is 9.26. The highest BCUT2D eigenvalue weighted by Crippen LogP contribution is 2.21. The molecule has 3 rings (SSSR count). The Morgan fingerprint density at radius 2 is 2.17 bits per heavy atom. The van der Waals surface area contributed by atoms with Crippen LogP contribution in [0.25, 0.3) is 0 Å². The largest absolute Gasteiger partial charge is 0.379 e. The first-order valence-corrected chi connectivity index (χ1v) is 7.69. The molecule has 2 atom stereocenters. The second-order valence-corrected chi connectivity index (χ2v) is 6.00. The molecule has 4 heteroatoms. The maximum atomic E-state index is 5.52. The van der Waals surface area contributed by atoms with Gasteiger partial charge in [-0.3, -0.25) is 4.90 Å². The van der Waals surface area contributed by atoms with Gasteiger partial charge in [0.15, 0.2) is 0 Å². The van der Waals surface area contributed by atoms with Crippen LogP contribution in [0.2, 0.25) is 0 Å². The standard InChI is InChI=1S/C14H27N3O/c1-2-6-17-9-8-16(11-14(17)3-1)7-4-13-12-18-10-5-15-13/h13-15H,1-12H2. The maximum Gasteiger partial charge on any atom is 0.0620 e. The third-order valence-electron chi connectivity index (χ3n) is 4.71. The molecular weight excluding hydrogens is 226 g/mol. The maximum absolute atomic E-state index is 5.52. The average Bonchev–Trinajstić information content (AvgIpc) is 2.46. The topological polar surface area (TPSA) is 27.7 Å². The van der Waals surface area contributed by atoms with E-state index < -0.39 is 0 Å². The van der Waals surface area contributed by atoms with Gasteiger partial charge >= 0.3 is 0 Å². The lowest BCUT2D eigenvalue weighted by Gasteiger charge is -2.44. The molecule has 3 saturated heterocycles. The zero-order chi connectivity index (χ0) is 12.2. The van der Waals surface area contributed by atoms with Gasteiger partial charge < -0.3 is 15.0 Å². The van der Waals surface area contributed by atoms with Gasteiger partial charge in [0.2, 0.25) is 0 Å². The van der Waals surface area contributed by atoms with Crippen molar-refractivity contribution in [3.8, 4) is 0 Å². The second kappa shape index (κ2) is 6.33. The van der Waals surface area contributed by atoms with E-state index in [-0.39, 0.29) is 0 Å². The second-order valence-electron chi connectivity index (χ2n) is 6.00. The van der Waals surface area contributed by atoms with Gasteiger partial charge in [-0.1, -0.05) is 6.42 Å². The van der Waals surface area contributed by atoms with Crippen molar-refractivity contribution in [1.29, 1.82) is 0 Å². The minimum Gasteiger partial charge on any atom is -0.379 e. The number of morpholine rings is 1. The monoisotopic (exact) mass is 253 g/mol. The molecule has 0 radical (unpaired) electrons. The molecule has 0 spiro atoms. The van der Waals surface area contributed by atoms with Crippen LogP contribution in [-0.2, 0) is 4.74 Å². The highest BCUT2D eigenvalue weighted by molar-refractivity contribution is 4.85. The molecule has 3 aliphatic rings. The van der Waals surface area contributed by atoms with E-state index in [4.69, 9.17) is 4.74 Å². The Labute approximate surface area is 111 Å². The third kappa shape index (κ3) is 3.23. The summed E-state index contributed by atoms with van der Waals surface area (Å²) in [4.78, 5) is 5.38. The average molecular weight is 253 g/mol. The van der Waals surface area contributed by atoms with Crippen molar-refractivity contribution in [3.05, 3.63) is 0 Å². The minimum absolute atomic E-state index is 0.586. The fraction of sp³-hybridized carbons (Fsp3) is 1.00.